The van der Waals surface area contributed by atoms with Crippen molar-refractivity contribution in [1.29, 1.82) is 0 Å². The van der Waals surface area contributed by atoms with E-state index in [0.29, 0.717) is 0 Å². The van der Waals surface area contributed by atoms with Gasteiger partial charge in [0.05, 0.1) is 28.5 Å². The summed E-state index contributed by atoms with van der Waals surface area (Å²) in [6.07, 6.45) is 1.84. The molecule has 0 aliphatic heterocycles. The molecule has 0 spiro atoms. The monoisotopic (exact) mass is 689 g/mol. The number of imidazole rings is 2. The van der Waals surface area contributed by atoms with Crippen LogP contribution in [0.25, 0.3) is 22.8 Å². The van der Waals surface area contributed by atoms with E-state index in [-0.39, 0.29) is 31.9 Å². The molecule has 4 rings (SSSR count). The van der Waals surface area contributed by atoms with Gasteiger partial charge in [0.1, 0.15) is 0 Å². The molecule has 0 fully saturated rings. The van der Waals surface area contributed by atoms with Crippen LogP contribution >= 0.6 is 0 Å². The zero-order valence-corrected chi connectivity index (χ0v) is 26.9. The Morgan fingerprint density at radius 1 is 0.632 bits per heavy atom. The molecule has 0 unspecified atom stereocenters. The summed E-state index contributed by atoms with van der Waals surface area (Å²) in [7, 11) is 4.28. The minimum absolute atomic E-state index is 0. The molecule has 0 radical (unpaired) electrons. The molecule has 2 heterocycles. The van der Waals surface area contributed by atoms with Gasteiger partial charge in [0.2, 0.25) is 0 Å². The van der Waals surface area contributed by atoms with Gasteiger partial charge in [0, 0.05) is 25.5 Å². The van der Waals surface area contributed by atoms with Gasteiger partial charge in [-0.05, 0) is 37.5 Å². The Hall–Kier alpha value is -2.45. The SMILES string of the molecule is Cn1c(-c2[c-]cccc2)nc(C(C)(C)c2nc(-c3[c-]cccc3)n(C)c2CC(C)(C)C)c1CC(C)(C)C.[Pt+2]. The Labute approximate surface area is 244 Å². The third-order valence-corrected chi connectivity index (χ3v) is 6.91. The maximum absolute atomic E-state index is 5.34. The Morgan fingerprint density at radius 2 is 1.00 bits per heavy atom. The van der Waals surface area contributed by atoms with Gasteiger partial charge in [0.15, 0.2) is 0 Å². The number of rotatable bonds is 6. The maximum Gasteiger partial charge on any atom is 2.00 e. The first-order valence-corrected chi connectivity index (χ1v) is 13.3. The maximum atomic E-state index is 5.34. The summed E-state index contributed by atoms with van der Waals surface area (Å²) in [4.78, 5) is 10.7. The van der Waals surface area contributed by atoms with Crippen LogP contribution in [0.2, 0.25) is 0 Å². The first-order valence-electron chi connectivity index (χ1n) is 13.3. The van der Waals surface area contributed by atoms with Crippen LogP contribution in [0.3, 0.4) is 0 Å². The van der Waals surface area contributed by atoms with Crippen molar-refractivity contribution in [3.63, 3.8) is 0 Å². The van der Waals surface area contributed by atoms with E-state index in [1.54, 1.807) is 0 Å². The van der Waals surface area contributed by atoms with E-state index in [4.69, 9.17) is 9.97 Å². The molecule has 0 aliphatic rings. The van der Waals surface area contributed by atoms with Crippen LogP contribution in [0, 0.1) is 23.0 Å². The van der Waals surface area contributed by atoms with Crippen LogP contribution < -0.4 is 0 Å². The fourth-order valence-electron chi connectivity index (χ4n) is 5.13. The fraction of sp³-hybridized carbons (Fsp3) is 0.455. The molecule has 38 heavy (non-hydrogen) atoms. The summed E-state index contributed by atoms with van der Waals surface area (Å²) in [5, 5.41) is 0. The van der Waals surface area contributed by atoms with Crippen LogP contribution in [-0.4, -0.2) is 19.1 Å². The molecule has 0 atom stereocenters. The van der Waals surface area contributed by atoms with E-state index in [2.05, 4.69) is 115 Å². The van der Waals surface area contributed by atoms with Gasteiger partial charge in [-0.2, -0.15) is 0 Å². The van der Waals surface area contributed by atoms with Crippen molar-refractivity contribution in [2.24, 2.45) is 24.9 Å². The molecule has 5 heteroatoms. The first-order chi connectivity index (χ1) is 17.2. The second kappa shape index (κ2) is 11.0. The molecular formula is C33H42N4Pt. The van der Waals surface area contributed by atoms with E-state index in [9.17, 15) is 0 Å². The van der Waals surface area contributed by atoms with Gasteiger partial charge < -0.3 is 9.13 Å². The Bertz CT molecular complexity index is 1260. The standard InChI is InChI=1S/C33H42N4.Pt/c1-31(2,3)21-25-27(34-29(36(25)9)23-17-13-11-14-18-23)33(7,8)28-26(22-32(4,5)6)37(10)30(35-28)24-19-15-12-16-20-24;/h11-17,19H,21-22H2,1-10H3;/q-2;+2. The van der Waals surface area contributed by atoms with Crippen LogP contribution in [0.1, 0.15) is 78.2 Å². The third-order valence-electron chi connectivity index (χ3n) is 6.91. The average Bonchev–Trinajstić information content (AvgIpc) is 3.31. The summed E-state index contributed by atoms with van der Waals surface area (Å²) >= 11 is 0. The minimum atomic E-state index is -0.406. The normalized spacial score (nSPS) is 12.5. The minimum Gasteiger partial charge on any atom is -0.370 e. The van der Waals surface area contributed by atoms with Crippen molar-refractivity contribution >= 4 is 0 Å². The van der Waals surface area contributed by atoms with Gasteiger partial charge >= 0.3 is 21.1 Å². The van der Waals surface area contributed by atoms with Gasteiger partial charge in [-0.25, -0.2) is 0 Å². The molecule has 0 aliphatic carbocycles. The molecule has 4 nitrogen and oxygen atoms in total. The van der Waals surface area contributed by atoms with Crippen LogP contribution in [-0.2, 0) is 53.4 Å². The smallest absolute Gasteiger partial charge is 0.370 e. The summed E-state index contributed by atoms with van der Waals surface area (Å²) in [5.74, 6) is 1.90. The zero-order valence-electron chi connectivity index (χ0n) is 24.6. The van der Waals surface area contributed by atoms with Crippen molar-refractivity contribution in [1.82, 2.24) is 19.1 Å². The quantitative estimate of drug-likeness (QED) is 0.196. The molecule has 0 N–H and O–H groups in total. The van der Waals surface area contributed by atoms with Gasteiger partial charge in [-0.1, -0.05) is 41.5 Å². The molecule has 0 saturated heterocycles. The van der Waals surface area contributed by atoms with Gasteiger partial charge in [-0.15, -0.1) is 71.8 Å². The van der Waals surface area contributed by atoms with Gasteiger partial charge in [-0.3, -0.25) is 9.97 Å². The average molecular weight is 690 g/mol. The number of hydrogen-bond donors (Lipinski definition) is 0. The number of benzene rings is 2. The van der Waals surface area contributed by atoms with Crippen LogP contribution in [0.4, 0.5) is 0 Å². The van der Waals surface area contributed by atoms with Crippen molar-refractivity contribution in [3.05, 3.63) is 83.4 Å². The van der Waals surface area contributed by atoms with E-state index >= 15 is 0 Å². The second-order valence-corrected chi connectivity index (χ2v) is 13.2. The molecule has 2 aromatic carbocycles. The van der Waals surface area contributed by atoms with Crippen LogP contribution in [0.5, 0.6) is 0 Å². The zero-order chi connectivity index (χ0) is 27.2. The Kier molecular flexibility index (Phi) is 8.68. The molecule has 204 valence electrons. The summed E-state index contributed by atoms with van der Waals surface area (Å²) in [5.41, 5.74) is 6.53. The summed E-state index contributed by atoms with van der Waals surface area (Å²) in [6.45, 7) is 18.3. The predicted molar refractivity (Wildman–Crippen MR) is 153 cm³/mol. The van der Waals surface area contributed by atoms with E-state index in [1.807, 2.05) is 24.3 Å². The summed E-state index contributed by atoms with van der Waals surface area (Å²) < 4.78 is 4.54. The van der Waals surface area contributed by atoms with E-state index in [1.165, 1.54) is 11.4 Å². The van der Waals surface area contributed by atoms with Crippen molar-refractivity contribution in [2.75, 3.05) is 0 Å². The summed E-state index contributed by atoms with van der Waals surface area (Å²) in [6, 6.07) is 23.0. The number of hydrogen-bond acceptors (Lipinski definition) is 2. The van der Waals surface area contributed by atoms with E-state index in [0.717, 1.165) is 47.0 Å². The number of aromatic nitrogens is 4. The first kappa shape index (κ1) is 30.1. The molecule has 0 bridgehead atoms. The van der Waals surface area contributed by atoms with Crippen LogP contribution in [0.15, 0.2) is 48.5 Å². The largest absolute Gasteiger partial charge is 2.00 e. The second-order valence-electron chi connectivity index (χ2n) is 13.2. The molecular weight excluding hydrogens is 647 g/mol. The third kappa shape index (κ3) is 6.23. The van der Waals surface area contributed by atoms with Crippen molar-refractivity contribution < 1.29 is 21.1 Å². The van der Waals surface area contributed by atoms with Gasteiger partial charge in [0.25, 0.3) is 0 Å². The number of nitrogens with zero attached hydrogens (tertiary/aromatic N) is 4. The van der Waals surface area contributed by atoms with E-state index < -0.39 is 5.41 Å². The Balaban J connectivity index is 0.00000400. The van der Waals surface area contributed by atoms with Crippen molar-refractivity contribution in [3.8, 4) is 22.8 Å². The Morgan fingerprint density at radius 3 is 1.29 bits per heavy atom. The molecule has 2 aromatic heterocycles. The molecule has 0 amide bonds. The fourth-order valence-corrected chi connectivity index (χ4v) is 5.13. The van der Waals surface area contributed by atoms with Crippen molar-refractivity contribution in [2.45, 2.75) is 73.6 Å². The topological polar surface area (TPSA) is 35.6 Å². The predicted octanol–water partition coefficient (Wildman–Crippen LogP) is 7.59. The molecule has 4 aromatic rings. The molecule has 0 saturated carbocycles.